The molecule has 1 unspecified atom stereocenters. The van der Waals surface area contributed by atoms with E-state index in [1.807, 2.05) is 25.3 Å². The molecule has 1 aromatic heterocycles. The van der Waals surface area contributed by atoms with Gasteiger partial charge in [0.15, 0.2) is 0 Å². The Bertz CT molecular complexity index is 1170. The van der Waals surface area contributed by atoms with Crippen LogP contribution in [0.25, 0.3) is 22.0 Å². The van der Waals surface area contributed by atoms with Crippen LogP contribution in [0.1, 0.15) is 70.7 Å². The number of carbonyl (C=O) groups is 2. The van der Waals surface area contributed by atoms with Crippen LogP contribution in [0.5, 0.6) is 0 Å². The lowest BCUT2D eigenvalue weighted by Gasteiger charge is -2.26. The van der Waals surface area contributed by atoms with Gasteiger partial charge in [0.05, 0.1) is 23.3 Å². The molecule has 6 heteroatoms. The number of fused-ring (bicyclic) bond motifs is 1. The second kappa shape index (κ2) is 11.2. The van der Waals surface area contributed by atoms with Crippen LogP contribution in [-0.2, 0) is 9.59 Å². The molecule has 35 heavy (non-hydrogen) atoms. The van der Waals surface area contributed by atoms with Crippen molar-refractivity contribution >= 4 is 22.5 Å². The predicted octanol–water partition coefficient (Wildman–Crippen LogP) is 5.66. The molecule has 1 aliphatic heterocycles. The van der Waals surface area contributed by atoms with E-state index in [2.05, 4.69) is 59.5 Å². The molecule has 0 spiro atoms. The van der Waals surface area contributed by atoms with Gasteiger partial charge >= 0.3 is 0 Å². The second-order valence-corrected chi connectivity index (χ2v) is 10.3. The maximum atomic E-state index is 13.3. The van der Waals surface area contributed by atoms with Crippen molar-refractivity contribution in [2.24, 2.45) is 5.41 Å². The number of hydrogen-bond acceptors (Lipinski definition) is 4. The summed E-state index contributed by atoms with van der Waals surface area (Å²) in [5.41, 5.74) is 1.65. The summed E-state index contributed by atoms with van der Waals surface area (Å²) < 4.78 is 0. The summed E-state index contributed by atoms with van der Waals surface area (Å²) in [6.07, 6.45) is 7.58. The first kappa shape index (κ1) is 25.1. The molecule has 4 rings (SSSR count). The van der Waals surface area contributed by atoms with E-state index in [-0.39, 0.29) is 17.4 Å². The highest BCUT2D eigenvalue weighted by Gasteiger charge is 2.40. The zero-order valence-corrected chi connectivity index (χ0v) is 21.3. The van der Waals surface area contributed by atoms with Crippen molar-refractivity contribution in [3.63, 3.8) is 0 Å². The number of nitrogens with one attached hydrogen (secondary N) is 2. The van der Waals surface area contributed by atoms with Crippen LogP contribution >= 0.6 is 0 Å². The molecular formula is C29H38N4O2. The van der Waals surface area contributed by atoms with E-state index < -0.39 is 0 Å². The van der Waals surface area contributed by atoms with Gasteiger partial charge in [-0.3, -0.25) is 9.59 Å². The van der Waals surface area contributed by atoms with Gasteiger partial charge in [-0.25, -0.2) is 4.98 Å². The Kier molecular flexibility index (Phi) is 8.01. The van der Waals surface area contributed by atoms with E-state index in [4.69, 9.17) is 4.98 Å². The molecule has 2 heterocycles. The number of rotatable bonds is 11. The maximum Gasteiger partial charge on any atom is 0.227 e. The molecule has 1 saturated heterocycles. The Labute approximate surface area is 208 Å². The summed E-state index contributed by atoms with van der Waals surface area (Å²) in [5.74, 6) is 1.21. The molecule has 186 valence electrons. The summed E-state index contributed by atoms with van der Waals surface area (Å²) in [5, 5.41) is 5.71. The van der Waals surface area contributed by atoms with Crippen LogP contribution < -0.4 is 5.32 Å². The zero-order valence-electron chi connectivity index (χ0n) is 21.3. The van der Waals surface area contributed by atoms with Gasteiger partial charge in [-0.2, -0.15) is 0 Å². The number of aromatic amines is 1. The first-order chi connectivity index (χ1) is 16.9. The number of carbonyl (C=O) groups excluding carboxylic acids is 2. The average molecular weight is 475 g/mol. The van der Waals surface area contributed by atoms with Crippen molar-refractivity contribution in [3.8, 4) is 11.3 Å². The van der Waals surface area contributed by atoms with Gasteiger partial charge in [-0.1, -0.05) is 56.2 Å². The Balaban J connectivity index is 1.49. The fraction of sp³-hybridized carbons (Fsp3) is 0.483. The van der Waals surface area contributed by atoms with Crippen LogP contribution in [0.2, 0.25) is 0 Å². The Morgan fingerprint density at radius 2 is 1.94 bits per heavy atom. The SMILES string of the molecule is CCC(=O)CCCCC[C@H](NC(=O)C1(C)CCN(C)C1)c1ncc(-c2ccc3ccccc3c2)[nH]1. The molecule has 2 atom stereocenters. The quantitative estimate of drug-likeness (QED) is 0.352. The number of hydrogen-bond donors (Lipinski definition) is 2. The predicted molar refractivity (Wildman–Crippen MR) is 141 cm³/mol. The first-order valence-electron chi connectivity index (χ1n) is 12.9. The minimum Gasteiger partial charge on any atom is -0.346 e. The Morgan fingerprint density at radius 1 is 1.14 bits per heavy atom. The molecule has 0 radical (unpaired) electrons. The van der Waals surface area contributed by atoms with Crippen molar-refractivity contribution < 1.29 is 9.59 Å². The molecule has 1 amide bonds. The molecule has 1 fully saturated rings. The van der Waals surface area contributed by atoms with Gasteiger partial charge in [0.2, 0.25) is 5.91 Å². The van der Waals surface area contributed by atoms with Crippen LogP contribution in [0.3, 0.4) is 0 Å². The molecule has 3 aromatic rings. The van der Waals surface area contributed by atoms with Crippen molar-refractivity contribution in [1.29, 1.82) is 0 Å². The highest BCUT2D eigenvalue weighted by atomic mass is 16.2. The van der Waals surface area contributed by atoms with Crippen molar-refractivity contribution in [1.82, 2.24) is 20.2 Å². The van der Waals surface area contributed by atoms with Gasteiger partial charge in [-0.05, 0) is 56.6 Å². The number of imidazole rings is 1. The molecule has 1 aliphatic rings. The minimum atomic E-state index is -0.381. The second-order valence-electron chi connectivity index (χ2n) is 10.3. The maximum absolute atomic E-state index is 13.3. The normalized spacial score (nSPS) is 19.2. The van der Waals surface area contributed by atoms with E-state index in [1.165, 1.54) is 10.8 Å². The molecule has 6 nitrogen and oxygen atoms in total. The van der Waals surface area contributed by atoms with Crippen LogP contribution in [-0.4, -0.2) is 46.7 Å². The van der Waals surface area contributed by atoms with Crippen LogP contribution in [0.4, 0.5) is 0 Å². The number of likely N-dealkylation sites (tertiary alicyclic amines) is 1. The first-order valence-corrected chi connectivity index (χ1v) is 12.9. The van der Waals surface area contributed by atoms with Gasteiger partial charge in [0.1, 0.15) is 11.6 Å². The topological polar surface area (TPSA) is 78.1 Å². The van der Waals surface area contributed by atoms with Gasteiger partial charge in [-0.15, -0.1) is 0 Å². The van der Waals surface area contributed by atoms with Crippen LogP contribution in [0.15, 0.2) is 48.7 Å². The lowest BCUT2D eigenvalue weighted by Crippen LogP contribution is -2.42. The number of Topliss-reactive ketones (excluding diaryl/α,β-unsaturated/α-hetero) is 1. The average Bonchev–Trinajstić information content (AvgIpc) is 3.49. The highest BCUT2D eigenvalue weighted by Crippen LogP contribution is 2.31. The molecular weight excluding hydrogens is 436 g/mol. The summed E-state index contributed by atoms with van der Waals surface area (Å²) in [6.45, 7) is 5.68. The van der Waals surface area contributed by atoms with Crippen molar-refractivity contribution in [2.75, 3.05) is 20.1 Å². The third-order valence-electron chi connectivity index (χ3n) is 7.35. The largest absolute Gasteiger partial charge is 0.346 e. The Morgan fingerprint density at radius 3 is 2.69 bits per heavy atom. The monoisotopic (exact) mass is 474 g/mol. The Hall–Kier alpha value is -2.99. The molecule has 2 N–H and O–H groups in total. The van der Waals surface area contributed by atoms with Gasteiger partial charge in [0, 0.05) is 24.9 Å². The van der Waals surface area contributed by atoms with E-state index in [0.29, 0.717) is 18.6 Å². The molecule has 2 aromatic carbocycles. The summed E-state index contributed by atoms with van der Waals surface area (Å²) >= 11 is 0. The number of aromatic nitrogens is 2. The van der Waals surface area contributed by atoms with Crippen LogP contribution in [0, 0.1) is 5.41 Å². The molecule has 0 saturated carbocycles. The lowest BCUT2D eigenvalue weighted by atomic mass is 9.88. The zero-order chi connectivity index (χ0) is 24.8. The molecule has 0 bridgehead atoms. The fourth-order valence-electron chi connectivity index (χ4n) is 5.03. The lowest BCUT2D eigenvalue weighted by molar-refractivity contribution is -0.130. The minimum absolute atomic E-state index is 0.0941. The standard InChI is InChI=1S/C29H38N4O2/c1-4-24(34)12-6-5-7-13-25(32-28(35)29(2)16-17-33(3)20-29)27-30-19-26(31-27)23-15-14-21-10-8-9-11-22(21)18-23/h8-11,14-15,18-19,25H,4-7,12-13,16-17,20H2,1-3H3,(H,30,31)(H,32,35)/t25-,29?/m0/s1. The fourth-order valence-corrected chi connectivity index (χ4v) is 5.03. The number of H-pyrrole nitrogens is 1. The highest BCUT2D eigenvalue weighted by molar-refractivity contribution is 5.87. The number of benzene rings is 2. The van der Waals surface area contributed by atoms with E-state index >= 15 is 0 Å². The number of amides is 1. The van der Waals surface area contributed by atoms with E-state index in [0.717, 1.165) is 62.3 Å². The smallest absolute Gasteiger partial charge is 0.227 e. The van der Waals surface area contributed by atoms with Gasteiger partial charge < -0.3 is 15.2 Å². The van der Waals surface area contributed by atoms with Gasteiger partial charge in [0.25, 0.3) is 0 Å². The number of unbranched alkanes of at least 4 members (excludes halogenated alkanes) is 2. The summed E-state index contributed by atoms with van der Waals surface area (Å²) in [6, 6.07) is 14.5. The summed E-state index contributed by atoms with van der Waals surface area (Å²) in [4.78, 5) is 35.3. The number of nitrogens with zero attached hydrogens (tertiary/aromatic N) is 2. The third kappa shape index (κ3) is 6.17. The van der Waals surface area contributed by atoms with E-state index in [9.17, 15) is 9.59 Å². The van der Waals surface area contributed by atoms with E-state index in [1.54, 1.807) is 0 Å². The van der Waals surface area contributed by atoms with Crippen molar-refractivity contribution in [2.45, 2.75) is 64.8 Å². The summed E-state index contributed by atoms with van der Waals surface area (Å²) in [7, 11) is 2.07. The molecule has 0 aliphatic carbocycles. The number of ketones is 1. The third-order valence-corrected chi connectivity index (χ3v) is 7.35. The van der Waals surface area contributed by atoms with Crippen molar-refractivity contribution in [3.05, 3.63) is 54.5 Å².